The van der Waals surface area contributed by atoms with E-state index in [4.69, 9.17) is 23.6 Å². The molecule has 3 saturated carbocycles. The topological polar surface area (TPSA) is 213 Å². The highest BCUT2D eigenvalue weighted by Gasteiger charge is 2.62. The molecular formula is C46H51N5O11S. The molecule has 4 heterocycles. The lowest BCUT2D eigenvalue weighted by Crippen LogP contribution is -2.58. The molecule has 17 heteroatoms. The lowest BCUT2D eigenvalue weighted by atomic mass is 10.0. The number of carbonyl (C=O) groups excluding carboxylic acids is 5. The van der Waals surface area contributed by atoms with E-state index in [-0.39, 0.29) is 25.5 Å². The molecule has 0 radical (unpaired) electrons. The number of pyridine rings is 1. The number of aromatic nitrogens is 1. The third-order valence-corrected chi connectivity index (χ3v) is 14.7. The van der Waals surface area contributed by atoms with Crippen LogP contribution in [-0.4, -0.2) is 96.8 Å². The number of ether oxygens (including phenoxy) is 3. The van der Waals surface area contributed by atoms with Crippen LogP contribution < -0.4 is 20.1 Å². The molecule has 3 aliphatic carbocycles. The summed E-state index contributed by atoms with van der Waals surface area (Å²) in [5, 5.41) is 5.81. The largest absolute Gasteiger partial charge is 0.484 e. The quantitative estimate of drug-likeness (QED) is 0.134. The van der Waals surface area contributed by atoms with Gasteiger partial charge in [-0.05, 0) is 88.5 Å². The summed E-state index contributed by atoms with van der Waals surface area (Å²) in [6.45, 7) is -0.0709. The van der Waals surface area contributed by atoms with Crippen LogP contribution >= 0.6 is 0 Å². The number of amides is 4. The number of hydrogen-bond donors (Lipinski definition) is 3. The zero-order valence-corrected chi connectivity index (χ0v) is 35.8. The number of furan rings is 1. The van der Waals surface area contributed by atoms with Crippen molar-refractivity contribution < 1.29 is 51.0 Å². The van der Waals surface area contributed by atoms with E-state index < -0.39 is 74.7 Å². The fourth-order valence-electron chi connectivity index (χ4n) is 9.14. The number of hydrogen-bond acceptors (Lipinski definition) is 12. The molecule has 2 aromatic carbocycles. The van der Waals surface area contributed by atoms with Crippen molar-refractivity contribution in [2.75, 3.05) is 13.7 Å². The lowest BCUT2D eigenvalue weighted by Gasteiger charge is -2.30. The van der Waals surface area contributed by atoms with Crippen molar-refractivity contribution in [2.45, 2.75) is 119 Å². The number of nitrogens with zero attached hydrogens (tertiary/aromatic N) is 2. The summed E-state index contributed by atoms with van der Waals surface area (Å²) in [4.78, 5) is 75.2. The summed E-state index contributed by atoms with van der Waals surface area (Å²) < 4.78 is 51.8. The SMILES string of the molecule is COC(=O)c1ccc(-c2cc(O[C@@H]3C[C@H]4C(=O)N[C@]5(C(=O)NS(=O)(=O)C6CC6)C[C@H]5/C=C\CCCCC[C@H](NC(=O)OC5CCCC5)C(=O)N4C3)c3oc4ccccc4c3n2)cc1. The molecule has 5 atom stereocenters. The summed E-state index contributed by atoms with van der Waals surface area (Å²) in [7, 11) is -2.62. The first-order valence-electron chi connectivity index (χ1n) is 21.9. The summed E-state index contributed by atoms with van der Waals surface area (Å²) >= 11 is 0. The highest BCUT2D eigenvalue weighted by molar-refractivity contribution is 7.91. The Morgan fingerprint density at radius 2 is 1.70 bits per heavy atom. The van der Waals surface area contributed by atoms with Crippen LogP contribution in [0.5, 0.6) is 5.75 Å². The van der Waals surface area contributed by atoms with E-state index in [9.17, 15) is 32.4 Å². The number of sulfonamides is 1. The number of methoxy groups -OCH3 is 1. The standard InChI is InChI=1S/C46H51N5O11S/c1-59-43(54)28-19-17-27(18-20-28)35-24-38(40-39(47-35)33-14-9-10-16-37(33)62-40)60-31-23-36-41(52)49-46(44(55)50-63(57,58)32-21-22-32)25-29(46)11-5-3-2-4-6-15-34(42(53)51(36)26-31)48-45(56)61-30-12-7-8-13-30/h5,9-11,14,16-20,24,29-32,34,36H,2-4,6-8,12-13,15,21-23,25-26H2,1H3,(H,48,56)(H,49,52)(H,50,55)/b11-5-/t29-,31-,34+,36+,46-/m1/s1. The average molecular weight is 882 g/mol. The molecule has 16 nitrogen and oxygen atoms in total. The third-order valence-electron chi connectivity index (χ3n) is 12.9. The minimum absolute atomic E-state index is 0.0113. The molecule has 2 aromatic heterocycles. The van der Waals surface area contributed by atoms with Gasteiger partial charge in [-0.1, -0.05) is 49.3 Å². The second-order valence-corrected chi connectivity index (χ2v) is 19.3. The average Bonchev–Trinajstić information content (AvgIpc) is 4.09. The number of carbonyl (C=O) groups is 5. The van der Waals surface area contributed by atoms with Gasteiger partial charge in [0.05, 0.1) is 30.2 Å². The van der Waals surface area contributed by atoms with Crippen molar-refractivity contribution in [3.8, 4) is 17.0 Å². The molecule has 3 N–H and O–H groups in total. The van der Waals surface area contributed by atoms with E-state index in [1.54, 1.807) is 30.3 Å². The number of alkyl carbamates (subject to hydrolysis) is 1. The van der Waals surface area contributed by atoms with Gasteiger partial charge in [0.1, 0.15) is 40.9 Å². The van der Waals surface area contributed by atoms with Crippen molar-refractivity contribution in [2.24, 2.45) is 5.92 Å². The Labute approximate surface area is 364 Å². The maximum absolute atomic E-state index is 14.8. The van der Waals surface area contributed by atoms with Gasteiger partial charge in [0.2, 0.25) is 21.8 Å². The van der Waals surface area contributed by atoms with E-state index in [1.807, 2.05) is 36.4 Å². The second-order valence-electron chi connectivity index (χ2n) is 17.4. The molecule has 332 valence electrons. The first kappa shape index (κ1) is 42.3. The molecule has 2 aliphatic heterocycles. The van der Waals surface area contributed by atoms with Crippen LogP contribution in [0, 0.1) is 5.92 Å². The van der Waals surface area contributed by atoms with Crippen LogP contribution in [0.4, 0.5) is 4.79 Å². The minimum Gasteiger partial charge on any atom is -0.484 e. The maximum atomic E-state index is 14.8. The molecule has 9 rings (SSSR count). The molecule has 4 fully saturated rings. The summed E-state index contributed by atoms with van der Waals surface area (Å²) in [5.41, 5.74) is 1.43. The van der Waals surface area contributed by atoms with Crippen LogP contribution in [0.2, 0.25) is 0 Å². The van der Waals surface area contributed by atoms with E-state index in [0.29, 0.717) is 71.4 Å². The van der Waals surface area contributed by atoms with Gasteiger partial charge in [0.25, 0.3) is 5.91 Å². The Kier molecular flexibility index (Phi) is 11.6. The van der Waals surface area contributed by atoms with E-state index >= 15 is 0 Å². The highest BCUT2D eigenvalue weighted by atomic mass is 32.2. The zero-order valence-electron chi connectivity index (χ0n) is 35.0. The van der Waals surface area contributed by atoms with Crippen LogP contribution in [0.25, 0.3) is 33.3 Å². The summed E-state index contributed by atoms with van der Waals surface area (Å²) in [6, 6.07) is 13.7. The molecule has 63 heavy (non-hydrogen) atoms. The first-order valence-corrected chi connectivity index (χ1v) is 23.5. The van der Waals surface area contributed by atoms with Crippen molar-refractivity contribution in [1.29, 1.82) is 0 Å². The van der Waals surface area contributed by atoms with Gasteiger partial charge in [-0.15, -0.1) is 0 Å². The van der Waals surface area contributed by atoms with Crippen LogP contribution in [0.3, 0.4) is 0 Å². The number of para-hydroxylation sites is 1. The van der Waals surface area contributed by atoms with E-state index in [2.05, 4.69) is 15.4 Å². The Balaban J connectivity index is 1.05. The molecule has 0 spiro atoms. The highest BCUT2D eigenvalue weighted by Crippen LogP contribution is 2.46. The van der Waals surface area contributed by atoms with Gasteiger partial charge in [-0.25, -0.2) is 23.0 Å². The van der Waals surface area contributed by atoms with Crippen LogP contribution in [0.15, 0.2) is 71.2 Å². The molecule has 4 aromatic rings. The van der Waals surface area contributed by atoms with E-state index in [1.165, 1.54) is 12.0 Å². The minimum atomic E-state index is -3.93. The number of nitrogens with one attached hydrogen (secondary N) is 3. The fourth-order valence-corrected chi connectivity index (χ4v) is 10.5. The monoisotopic (exact) mass is 881 g/mol. The number of allylic oxidation sites excluding steroid dienone is 1. The normalized spacial score (nSPS) is 26.1. The zero-order chi connectivity index (χ0) is 43.9. The van der Waals surface area contributed by atoms with Crippen molar-refractivity contribution >= 4 is 61.9 Å². The Bertz CT molecular complexity index is 2580. The molecular weight excluding hydrogens is 831 g/mol. The molecule has 0 bridgehead atoms. The second kappa shape index (κ2) is 17.3. The molecule has 1 saturated heterocycles. The Hall–Kier alpha value is -5.97. The summed E-state index contributed by atoms with van der Waals surface area (Å²) in [5.74, 6) is -2.61. The van der Waals surface area contributed by atoms with Gasteiger partial charge < -0.3 is 34.2 Å². The lowest BCUT2D eigenvalue weighted by molar-refractivity contribution is -0.141. The van der Waals surface area contributed by atoms with Crippen molar-refractivity contribution in [3.05, 3.63) is 72.3 Å². The smallest absolute Gasteiger partial charge is 0.408 e. The van der Waals surface area contributed by atoms with Gasteiger partial charge in [0, 0.05) is 29.4 Å². The van der Waals surface area contributed by atoms with Gasteiger partial charge in [-0.2, -0.15) is 0 Å². The number of esters is 1. The Morgan fingerprint density at radius 3 is 2.46 bits per heavy atom. The van der Waals surface area contributed by atoms with Gasteiger partial charge >= 0.3 is 12.1 Å². The molecule has 0 unspecified atom stereocenters. The fraction of sp³-hybridized carbons (Fsp3) is 0.478. The first-order chi connectivity index (χ1) is 30.4. The van der Waals surface area contributed by atoms with Crippen LogP contribution in [-0.2, 0) is 33.9 Å². The Morgan fingerprint density at radius 1 is 0.937 bits per heavy atom. The number of rotatable bonds is 9. The van der Waals surface area contributed by atoms with Crippen LogP contribution in [0.1, 0.15) is 93.8 Å². The van der Waals surface area contributed by atoms with Crippen molar-refractivity contribution in [1.82, 2.24) is 25.2 Å². The molecule has 4 amide bonds. The van der Waals surface area contributed by atoms with Gasteiger partial charge in [-0.3, -0.25) is 19.1 Å². The predicted molar refractivity (Wildman–Crippen MR) is 230 cm³/mol. The third kappa shape index (κ3) is 8.84. The number of fused-ring (bicyclic) bond motifs is 5. The number of benzene rings is 2. The molecule has 5 aliphatic rings. The predicted octanol–water partition coefficient (Wildman–Crippen LogP) is 5.82. The van der Waals surface area contributed by atoms with E-state index in [0.717, 1.165) is 43.9 Å². The van der Waals surface area contributed by atoms with Crippen molar-refractivity contribution in [3.63, 3.8) is 0 Å². The van der Waals surface area contributed by atoms with Gasteiger partial charge in [0.15, 0.2) is 11.3 Å². The summed E-state index contributed by atoms with van der Waals surface area (Å²) in [6.07, 6.45) is 9.68. The maximum Gasteiger partial charge on any atom is 0.408 e.